The molecule has 2 aromatic rings. The summed E-state index contributed by atoms with van der Waals surface area (Å²) in [6, 6.07) is 0.854. The fraction of sp³-hybridized carbons (Fsp3) is 0.500. The number of nitrogens with zero attached hydrogens (tertiary/aromatic N) is 3. The van der Waals surface area contributed by atoms with Crippen LogP contribution in [0.3, 0.4) is 0 Å². The molecule has 1 aromatic carbocycles. The van der Waals surface area contributed by atoms with Crippen LogP contribution in [0.1, 0.15) is 44.1 Å². The van der Waals surface area contributed by atoms with E-state index in [1.807, 2.05) is 6.92 Å². The van der Waals surface area contributed by atoms with Crippen molar-refractivity contribution in [3.63, 3.8) is 0 Å². The third kappa shape index (κ3) is 3.74. The van der Waals surface area contributed by atoms with Crippen LogP contribution in [-0.4, -0.2) is 65.0 Å². The number of hydrogen-bond donors (Lipinski definition) is 1. The standard InChI is InChI=1S/C22H26FN3O6/c1-12-11-31-19-16-13(18(27)14(20(28)29)10-26(12)16)9-15(23)17(19)24-5-7-25(8-6-24)21(30)32-22(2,3)4/h9-10,12H,5-8,11H2,1-4H3,(H,28,29). The van der Waals surface area contributed by atoms with Crippen LogP contribution in [0, 0.1) is 5.82 Å². The average Bonchev–Trinajstić information content (AvgIpc) is 2.70. The number of halogens is 1. The van der Waals surface area contributed by atoms with Gasteiger partial charge in [-0.1, -0.05) is 0 Å². The quantitative estimate of drug-likeness (QED) is 0.755. The summed E-state index contributed by atoms with van der Waals surface area (Å²) in [7, 11) is 0. The zero-order chi connectivity index (χ0) is 23.4. The summed E-state index contributed by atoms with van der Waals surface area (Å²) in [6.45, 7) is 8.81. The summed E-state index contributed by atoms with van der Waals surface area (Å²) in [5, 5.41) is 9.37. The lowest BCUT2D eigenvalue weighted by molar-refractivity contribution is 0.0240. The second-order valence-corrected chi connectivity index (χ2v) is 9.13. The topological polar surface area (TPSA) is 101 Å². The van der Waals surface area contributed by atoms with Crippen LogP contribution in [0.5, 0.6) is 5.75 Å². The molecule has 1 aromatic heterocycles. The number of piperazine rings is 1. The molecular formula is C22H26FN3O6. The molecule has 172 valence electrons. The predicted octanol–water partition coefficient (Wildman–Crippen LogP) is 2.85. The molecule has 3 heterocycles. The summed E-state index contributed by atoms with van der Waals surface area (Å²) in [4.78, 5) is 39.9. The highest BCUT2D eigenvalue weighted by molar-refractivity contribution is 5.97. The van der Waals surface area contributed by atoms with Crippen molar-refractivity contribution in [2.24, 2.45) is 0 Å². The maximum Gasteiger partial charge on any atom is 0.410 e. The molecule has 1 atom stereocenters. The van der Waals surface area contributed by atoms with Crippen LogP contribution in [-0.2, 0) is 4.74 Å². The van der Waals surface area contributed by atoms with Crippen molar-refractivity contribution in [3.05, 3.63) is 33.9 Å². The van der Waals surface area contributed by atoms with Crippen molar-refractivity contribution in [1.82, 2.24) is 9.47 Å². The molecule has 0 radical (unpaired) electrons. The predicted molar refractivity (Wildman–Crippen MR) is 115 cm³/mol. The number of pyridine rings is 1. The minimum atomic E-state index is -1.36. The molecule has 0 spiro atoms. The van der Waals surface area contributed by atoms with Crippen LogP contribution in [0.2, 0.25) is 0 Å². The van der Waals surface area contributed by atoms with Gasteiger partial charge >= 0.3 is 12.1 Å². The minimum Gasteiger partial charge on any atom is -0.487 e. The highest BCUT2D eigenvalue weighted by Crippen LogP contribution is 2.42. The number of aromatic carboxylic acids is 1. The number of carboxylic acid groups (broad SMARTS) is 1. The molecule has 10 heteroatoms. The van der Waals surface area contributed by atoms with Gasteiger partial charge in [-0.3, -0.25) is 4.79 Å². The Bertz CT molecular complexity index is 1160. The lowest BCUT2D eigenvalue weighted by Gasteiger charge is -2.38. The Labute approximate surface area is 183 Å². The fourth-order valence-corrected chi connectivity index (χ4v) is 4.10. The molecule has 0 bridgehead atoms. The molecule has 1 amide bonds. The normalized spacial score (nSPS) is 18.5. The van der Waals surface area contributed by atoms with Crippen LogP contribution < -0.4 is 15.1 Å². The highest BCUT2D eigenvalue weighted by atomic mass is 19.1. The third-order valence-corrected chi connectivity index (χ3v) is 5.62. The zero-order valence-corrected chi connectivity index (χ0v) is 18.5. The van der Waals surface area contributed by atoms with Crippen LogP contribution >= 0.6 is 0 Å². The maximum absolute atomic E-state index is 15.3. The number of amides is 1. The first kappa shape index (κ1) is 21.9. The molecule has 0 aliphatic carbocycles. The first-order valence-corrected chi connectivity index (χ1v) is 10.5. The van der Waals surface area contributed by atoms with E-state index in [1.54, 1.807) is 35.1 Å². The molecule has 1 N–H and O–H groups in total. The van der Waals surface area contributed by atoms with Gasteiger partial charge in [-0.2, -0.15) is 0 Å². The van der Waals surface area contributed by atoms with Gasteiger partial charge in [0.05, 0.1) is 16.9 Å². The summed E-state index contributed by atoms with van der Waals surface area (Å²) in [5.41, 5.74) is -1.17. The van der Waals surface area contributed by atoms with E-state index in [1.165, 1.54) is 6.20 Å². The van der Waals surface area contributed by atoms with Gasteiger partial charge in [0, 0.05) is 32.4 Å². The number of carboxylic acids is 1. The molecule has 2 aliphatic rings. The molecule has 0 saturated carbocycles. The van der Waals surface area contributed by atoms with Gasteiger partial charge in [0.15, 0.2) is 11.6 Å². The minimum absolute atomic E-state index is 0.0277. The highest BCUT2D eigenvalue weighted by Gasteiger charge is 2.32. The van der Waals surface area contributed by atoms with Gasteiger partial charge in [-0.05, 0) is 33.8 Å². The Balaban J connectivity index is 1.72. The van der Waals surface area contributed by atoms with E-state index < -0.39 is 34.5 Å². The molecule has 2 aliphatic heterocycles. The van der Waals surface area contributed by atoms with Crippen LogP contribution in [0.25, 0.3) is 10.9 Å². The number of carbonyl (C=O) groups is 2. The molecule has 4 rings (SSSR count). The molecule has 1 unspecified atom stereocenters. The molecule has 9 nitrogen and oxygen atoms in total. The van der Waals surface area contributed by atoms with Crippen molar-refractivity contribution in [2.45, 2.75) is 39.3 Å². The molecule has 32 heavy (non-hydrogen) atoms. The molecule has 1 fully saturated rings. The van der Waals surface area contributed by atoms with Crippen molar-refractivity contribution in [3.8, 4) is 5.75 Å². The van der Waals surface area contributed by atoms with Gasteiger partial charge in [0.25, 0.3) is 0 Å². The van der Waals surface area contributed by atoms with E-state index in [0.29, 0.717) is 31.7 Å². The van der Waals surface area contributed by atoms with Gasteiger partial charge < -0.3 is 28.9 Å². The van der Waals surface area contributed by atoms with Crippen LogP contribution in [0.4, 0.5) is 14.9 Å². The molecular weight excluding hydrogens is 421 g/mol. The summed E-state index contributed by atoms with van der Waals surface area (Å²) >= 11 is 0. The first-order chi connectivity index (χ1) is 15.0. The van der Waals surface area contributed by atoms with Crippen molar-refractivity contribution >= 4 is 28.7 Å². The SMILES string of the molecule is CC1COc2c(N3CCN(C(=O)OC(C)(C)C)CC3)c(F)cc3c(=O)c(C(=O)O)cn1c23. The van der Waals surface area contributed by atoms with Crippen molar-refractivity contribution < 1.29 is 28.6 Å². The van der Waals surface area contributed by atoms with Gasteiger partial charge in [-0.25, -0.2) is 14.0 Å². The molecule has 1 saturated heterocycles. The number of hydrogen-bond acceptors (Lipinski definition) is 6. The summed E-state index contributed by atoms with van der Waals surface area (Å²) < 4.78 is 28.2. The van der Waals surface area contributed by atoms with E-state index in [2.05, 4.69) is 0 Å². The van der Waals surface area contributed by atoms with Crippen molar-refractivity contribution in [2.75, 3.05) is 37.7 Å². The lowest BCUT2D eigenvalue weighted by Crippen LogP contribution is -2.50. The Kier molecular flexibility index (Phi) is 5.26. The monoisotopic (exact) mass is 447 g/mol. The fourth-order valence-electron chi connectivity index (χ4n) is 4.10. The summed E-state index contributed by atoms with van der Waals surface area (Å²) in [5.74, 6) is -1.81. The second kappa shape index (κ2) is 7.68. The number of benzene rings is 1. The van der Waals surface area contributed by atoms with E-state index in [0.717, 1.165) is 6.07 Å². The number of anilines is 1. The van der Waals surface area contributed by atoms with Gasteiger partial charge in [-0.15, -0.1) is 0 Å². The van der Waals surface area contributed by atoms with Crippen LogP contribution in [0.15, 0.2) is 17.1 Å². The number of rotatable bonds is 2. The van der Waals surface area contributed by atoms with Crippen molar-refractivity contribution in [1.29, 1.82) is 0 Å². The third-order valence-electron chi connectivity index (χ3n) is 5.62. The van der Waals surface area contributed by atoms with E-state index in [9.17, 15) is 19.5 Å². The van der Waals surface area contributed by atoms with Gasteiger partial charge in [0.2, 0.25) is 5.43 Å². The Morgan fingerprint density at radius 2 is 1.88 bits per heavy atom. The second-order valence-electron chi connectivity index (χ2n) is 9.13. The number of aromatic nitrogens is 1. The lowest BCUT2D eigenvalue weighted by atomic mass is 10.1. The Morgan fingerprint density at radius 3 is 2.47 bits per heavy atom. The maximum atomic E-state index is 15.3. The number of ether oxygens (including phenoxy) is 2. The van der Waals surface area contributed by atoms with E-state index >= 15 is 4.39 Å². The number of carbonyl (C=O) groups excluding carboxylic acids is 1. The first-order valence-electron chi connectivity index (χ1n) is 10.5. The Hall–Kier alpha value is -3.30. The largest absolute Gasteiger partial charge is 0.487 e. The summed E-state index contributed by atoms with van der Waals surface area (Å²) in [6.07, 6.45) is 0.879. The average molecular weight is 447 g/mol. The van der Waals surface area contributed by atoms with E-state index in [4.69, 9.17) is 9.47 Å². The van der Waals surface area contributed by atoms with Gasteiger partial charge in [0.1, 0.15) is 23.5 Å². The smallest absolute Gasteiger partial charge is 0.410 e. The van der Waals surface area contributed by atoms with E-state index in [-0.39, 0.29) is 29.5 Å². The zero-order valence-electron chi connectivity index (χ0n) is 18.5. The Morgan fingerprint density at radius 1 is 1.22 bits per heavy atom.